The molecule has 1 aliphatic rings. The maximum absolute atomic E-state index is 12.1. The van der Waals surface area contributed by atoms with Crippen LogP contribution in [0.2, 0.25) is 0 Å². The normalized spacial score (nSPS) is 23.6. The molecule has 1 saturated carbocycles. The lowest BCUT2D eigenvalue weighted by atomic mass is 9.92. The molecule has 0 aromatic carbocycles. The number of amides is 1. The van der Waals surface area contributed by atoms with Gasteiger partial charge in [-0.25, -0.2) is 4.98 Å². The van der Waals surface area contributed by atoms with Crippen molar-refractivity contribution in [3.8, 4) is 0 Å². The highest BCUT2D eigenvalue weighted by atomic mass is 32.1. The maximum Gasteiger partial charge on any atom is 0.411 e. The van der Waals surface area contributed by atoms with Gasteiger partial charge in [-0.3, -0.25) is 4.79 Å². The van der Waals surface area contributed by atoms with Gasteiger partial charge in [0.2, 0.25) is 0 Å². The predicted octanol–water partition coefficient (Wildman–Crippen LogP) is 2.76. The third-order valence-corrected chi connectivity index (χ3v) is 3.70. The summed E-state index contributed by atoms with van der Waals surface area (Å²) in [5.74, 6) is -0.285. The number of halogens is 3. The number of carbonyl (C=O) groups is 1. The van der Waals surface area contributed by atoms with Crippen molar-refractivity contribution < 1.29 is 22.7 Å². The molecule has 1 aliphatic carbocycles. The first-order valence-electron chi connectivity index (χ1n) is 6.31. The highest BCUT2D eigenvalue weighted by Crippen LogP contribution is 2.24. The minimum absolute atomic E-state index is 0.156. The van der Waals surface area contributed by atoms with Gasteiger partial charge in [0.1, 0.15) is 12.3 Å². The van der Waals surface area contributed by atoms with Crippen molar-refractivity contribution in [2.45, 2.75) is 44.0 Å². The van der Waals surface area contributed by atoms with Gasteiger partial charge in [0, 0.05) is 11.4 Å². The smallest absolute Gasteiger partial charge is 0.369 e. The summed E-state index contributed by atoms with van der Waals surface area (Å²) >= 11 is 1.32. The quantitative estimate of drug-likeness (QED) is 0.930. The number of hydrogen-bond acceptors (Lipinski definition) is 4. The molecule has 0 spiro atoms. The Morgan fingerprint density at radius 3 is 2.95 bits per heavy atom. The van der Waals surface area contributed by atoms with Crippen LogP contribution in [0.5, 0.6) is 0 Å². The number of carbonyl (C=O) groups excluding carboxylic acids is 1. The third kappa shape index (κ3) is 4.75. The molecular formula is C12H15F3N2O2S. The molecule has 0 aliphatic heterocycles. The summed E-state index contributed by atoms with van der Waals surface area (Å²) in [5.41, 5.74) is 1.90. The Morgan fingerprint density at radius 1 is 1.50 bits per heavy atom. The molecule has 1 fully saturated rings. The SMILES string of the molecule is O=C(NC1CCCC(OCC(F)(F)F)C1)c1cscn1. The van der Waals surface area contributed by atoms with Crippen LogP contribution >= 0.6 is 11.3 Å². The highest BCUT2D eigenvalue weighted by molar-refractivity contribution is 7.07. The van der Waals surface area contributed by atoms with Crippen LogP contribution in [-0.4, -0.2) is 35.8 Å². The van der Waals surface area contributed by atoms with Crippen LogP contribution in [0.25, 0.3) is 0 Å². The van der Waals surface area contributed by atoms with E-state index in [2.05, 4.69) is 10.3 Å². The number of ether oxygens (including phenoxy) is 1. The molecular weight excluding hydrogens is 293 g/mol. The average Bonchev–Trinajstić information content (AvgIpc) is 2.90. The van der Waals surface area contributed by atoms with Crippen molar-refractivity contribution >= 4 is 17.2 Å². The van der Waals surface area contributed by atoms with Gasteiger partial charge in [0.05, 0.1) is 11.6 Å². The number of nitrogens with one attached hydrogen (secondary N) is 1. The first-order chi connectivity index (χ1) is 9.44. The maximum atomic E-state index is 12.1. The second-order valence-electron chi connectivity index (χ2n) is 4.76. The monoisotopic (exact) mass is 308 g/mol. The van der Waals surface area contributed by atoms with E-state index in [0.29, 0.717) is 18.5 Å². The Labute approximate surface area is 118 Å². The fourth-order valence-electron chi connectivity index (χ4n) is 2.22. The Balaban J connectivity index is 1.80. The summed E-state index contributed by atoms with van der Waals surface area (Å²) in [6.07, 6.45) is -2.26. The number of hydrogen-bond donors (Lipinski definition) is 1. The van der Waals surface area contributed by atoms with Crippen molar-refractivity contribution in [1.29, 1.82) is 0 Å². The molecule has 1 N–H and O–H groups in total. The number of rotatable bonds is 4. The Bertz CT molecular complexity index is 436. The molecule has 2 rings (SSSR count). The lowest BCUT2D eigenvalue weighted by molar-refractivity contribution is -0.188. The van der Waals surface area contributed by atoms with Crippen LogP contribution < -0.4 is 5.32 Å². The molecule has 0 bridgehead atoms. The van der Waals surface area contributed by atoms with Crippen LogP contribution in [0.4, 0.5) is 13.2 Å². The first-order valence-corrected chi connectivity index (χ1v) is 7.26. The van der Waals surface area contributed by atoms with Crippen molar-refractivity contribution in [1.82, 2.24) is 10.3 Å². The van der Waals surface area contributed by atoms with E-state index in [9.17, 15) is 18.0 Å². The summed E-state index contributed by atoms with van der Waals surface area (Å²) in [5, 5.41) is 4.43. The third-order valence-electron chi connectivity index (χ3n) is 3.11. The molecule has 1 heterocycles. The van der Waals surface area contributed by atoms with Gasteiger partial charge in [0.25, 0.3) is 5.91 Å². The van der Waals surface area contributed by atoms with Crippen LogP contribution in [-0.2, 0) is 4.74 Å². The molecule has 2 unspecified atom stereocenters. The van der Waals surface area contributed by atoms with Crippen molar-refractivity contribution in [2.24, 2.45) is 0 Å². The second kappa shape index (κ2) is 6.53. The van der Waals surface area contributed by atoms with E-state index in [1.807, 2.05) is 0 Å². The fourth-order valence-corrected chi connectivity index (χ4v) is 2.76. The molecule has 8 heteroatoms. The molecule has 0 saturated heterocycles. The Hall–Kier alpha value is -1.15. The minimum atomic E-state index is -4.31. The summed E-state index contributed by atoms with van der Waals surface area (Å²) in [6.45, 7) is -1.23. The van der Waals surface area contributed by atoms with E-state index in [1.165, 1.54) is 11.3 Å². The number of thiazole rings is 1. The molecule has 4 nitrogen and oxygen atoms in total. The summed E-state index contributed by atoms with van der Waals surface area (Å²) in [4.78, 5) is 15.7. The van der Waals surface area contributed by atoms with Gasteiger partial charge >= 0.3 is 6.18 Å². The predicted molar refractivity (Wildman–Crippen MR) is 67.6 cm³/mol. The van der Waals surface area contributed by atoms with E-state index >= 15 is 0 Å². The number of aromatic nitrogens is 1. The lowest BCUT2D eigenvalue weighted by Gasteiger charge is -2.29. The Kier molecular flexibility index (Phi) is 4.98. The molecule has 0 radical (unpaired) electrons. The van der Waals surface area contributed by atoms with E-state index in [-0.39, 0.29) is 11.9 Å². The zero-order valence-corrected chi connectivity index (χ0v) is 11.5. The second-order valence-corrected chi connectivity index (χ2v) is 5.48. The van der Waals surface area contributed by atoms with Crippen LogP contribution in [0.15, 0.2) is 10.9 Å². The van der Waals surface area contributed by atoms with Gasteiger partial charge < -0.3 is 10.1 Å². The molecule has 1 aromatic heterocycles. The molecule has 1 aromatic rings. The fraction of sp³-hybridized carbons (Fsp3) is 0.667. The zero-order valence-electron chi connectivity index (χ0n) is 10.7. The van der Waals surface area contributed by atoms with E-state index in [1.54, 1.807) is 10.9 Å². The van der Waals surface area contributed by atoms with E-state index in [0.717, 1.165) is 12.8 Å². The van der Waals surface area contributed by atoms with Gasteiger partial charge in [0.15, 0.2) is 0 Å². The molecule has 112 valence electrons. The highest BCUT2D eigenvalue weighted by Gasteiger charge is 2.31. The molecule has 20 heavy (non-hydrogen) atoms. The van der Waals surface area contributed by atoms with Crippen LogP contribution in [0.1, 0.15) is 36.2 Å². The summed E-state index contributed by atoms with van der Waals surface area (Å²) in [7, 11) is 0. The first kappa shape index (κ1) is 15.2. The lowest BCUT2D eigenvalue weighted by Crippen LogP contribution is -2.41. The molecule has 1 amide bonds. The Morgan fingerprint density at radius 2 is 2.30 bits per heavy atom. The number of nitrogens with zero attached hydrogens (tertiary/aromatic N) is 1. The van der Waals surface area contributed by atoms with E-state index < -0.39 is 18.9 Å². The van der Waals surface area contributed by atoms with Gasteiger partial charge in [-0.15, -0.1) is 11.3 Å². The summed E-state index contributed by atoms with van der Waals surface area (Å²) < 4.78 is 41.2. The standard InChI is InChI=1S/C12H15F3N2O2S/c13-12(14,15)6-19-9-3-1-2-8(4-9)17-11(18)10-5-20-7-16-10/h5,7-9H,1-4,6H2,(H,17,18). The molecule has 2 atom stereocenters. The van der Waals surface area contributed by atoms with Crippen molar-refractivity contribution in [3.05, 3.63) is 16.6 Å². The largest absolute Gasteiger partial charge is 0.411 e. The van der Waals surface area contributed by atoms with Crippen molar-refractivity contribution in [2.75, 3.05) is 6.61 Å². The average molecular weight is 308 g/mol. The van der Waals surface area contributed by atoms with Crippen molar-refractivity contribution in [3.63, 3.8) is 0 Å². The van der Waals surface area contributed by atoms with Crippen LogP contribution in [0.3, 0.4) is 0 Å². The minimum Gasteiger partial charge on any atom is -0.369 e. The van der Waals surface area contributed by atoms with E-state index in [4.69, 9.17) is 4.74 Å². The number of alkyl halides is 3. The van der Waals surface area contributed by atoms with Gasteiger partial charge in [-0.2, -0.15) is 13.2 Å². The zero-order chi connectivity index (χ0) is 14.6. The van der Waals surface area contributed by atoms with Gasteiger partial charge in [-0.1, -0.05) is 0 Å². The van der Waals surface area contributed by atoms with Gasteiger partial charge in [-0.05, 0) is 25.7 Å². The topological polar surface area (TPSA) is 51.2 Å². The summed E-state index contributed by atoms with van der Waals surface area (Å²) in [6, 6.07) is -0.156. The van der Waals surface area contributed by atoms with Crippen LogP contribution in [0, 0.1) is 0 Å².